The summed E-state index contributed by atoms with van der Waals surface area (Å²) in [6.45, 7) is 3.46. The lowest BCUT2D eigenvalue weighted by molar-refractivity contribution is -0.121. The number of rotatable bonds is 6. The van der Waals surface area contributed by atoms with Gasteiger partial charge in [0.1, 0.15) is 18.5 Å². The quantitative estimate of drug-likeness (QED) is 0.697. The highest BCUT2D eigenvalue weighted by atomic mass is 19.1. The third kappa shape index (κ3) is 5.06. The van der Waals surface area contributed by atoms with Crippen molar-refractivity contribution in [3.05, 3.63) is 67.0 Å². The summed E-state index contributed by atoms with van der Waals surface area (Å²) < 4.78 is 15.1. The summed E-state index contributed by atoms with van der Waals surface area (Å²) in [6.07, 6.45) is 5.33. The topological polar surface area (TPSA) is 63.1 Å². The molecule has 3 aromatic rings. The van der Waals surface area contributed by atoms with Crippen molar-refractivity contribution in [2.45, 2.75) is 19.4 Å². The maximum absolute atomic E-state index is 13.2. The van der Waals surface area contributed by atoms with Gasteiger partial charge in [0.05, 0.1) is 5.92 Å². The lowest BCUT2D eigenvalue weighted by Crippen LogP contribution is -2.41. The van der Waals surface area contributed by atoms with Crippen molar-refractivity contribution in [3.8, 4) is 11.1 Å². The van der Waals surface area contributed by atoms with Crippen molar-refractivity contribution in [1.82, 2.24) is 19.7 Å². The molecule has 0 radical (unpaired) electrons. The van der Waals surface area contributed by atoms with E-state index in [1.54, 1.807) is 24.8 Å². The molecule has 1 aliphatic heterocycles. The van der Waals surface area contributed by atoms with Crippen LogP contribution in [0.3, 0.4) is 0 Å². The third-order valence-corrected chi connectivity index (χ3v) is 5.32. The number of piperidine rings is 1. The van der Waals surface area contributed by atoms with Crippen molar-refractivity contribution >= 4 is 11.6 Å². The van der Waals surface area contributed by atoms with E-state index in [0.717, 1.165) is 55.8 Å². The summed E-state index contributed by atoms with van der Waals surface area (Å²) in [4.78, 5) is 15.1. The molecule has 1 aromatic heterocycles. The fourth-order valence-corrected chi connectivity index (χ4v) is 3.73. The Hall–Kier alpha value is -3.06. The van der Waals surface area contributed by atoms with Gasteiger partial charge in [0, 0.05) is 25.3 Å². The highest BCUT2D eigenvalue weighted by Crippen LogP contribution is 2.24. The second-order valence-electron chi connectivity index (χ2n) is 7.42. The second-order valence-corrected chi connectivity index (χ2v) is 7.42. The van der Waals surface area contributed by atoms with Gasteiger partial charge < -0.3 is 14.8 Å². The van der Waals surface area contributed by atoms with Crippen LogP contribution >= 0.6 is 0 Å². The van der Waals surface area contributed by atoms with Crippen LogP contribution in [0.4, 0.5) is 10.1 Å². The molecule has 0 spiro atoms. The van der Waals surface area contributed by atoms with E-state index in [-0.39, 0.29) is 17.6 Å². The van der Waals surface area contributed by atoms with Gasteiger partial charge in [0.15, 0.2) is 0 Å². The summed E-state index contributed by atoms with van der Waals surface area (Å²) in [5, 5.41) is 10.7. The first-order valence-electron chi connectivity index (χ1n) is 9.89. The van der Waals surface area contributed by atoms with Gasteiger partial charge in [-0.1, -0.05) is 24.3 Å². The Kier molecular flexibility index (Phi) is 5.95. The third-order valence-electron chi connectivity index (χ3n) is 5.32. The Morgan fingerprint density at radius 1 is 1.07 bits per heavy atom. The Labute approximate surface area is 169 Å². The van der Waals surface area contributed by atoms with Crippen LogP contribution < -0.4 is 5.32 Å². The molecule has 1 amide bonds. The molecule has 1 saturated heterocycles. The van der Waals surface area contributed by atoms with E-state index in [1.807, 2.05) is 28.8 Å². The van der Waals surface area contributed by atoms with E-state index >= 15 is 0 Å². The smallest absolute Gasteiger partial charge is 0.228 e. The maximum Gasteiger partial charge on any atom is 0.228 e. The average molecular weight is 393 g/mol. The minimum Gasteiger partial charge on any atom is -0.326 e. The number of aromatic nitrogens is 3. The van der Waals surface area contributed by atoms with Gasteiger partial charge in [-0.15, -0.1) is 10.2 Å². The Balaban J connectivity index is 1.36. The first-order valence-corrected chi connectivity index (χ1v) is 9.89. The van der Waals surface area contributed by atoms with E-state index in [0.29, 0.717) is 0 Å². The Bertz CT molecular complexity index is 942. The highest BCUT2D eigenvalue weighted by Gasteiger charge is 2.25. The minimum atomic E-state index is -0.260. The number of carbonyl (C=O) groups is 1. The van der Waals surface area contributed by atoms with E-state index in [4.69, 9.17) is 0 Å². The molecule has 6 nitrogen and oxygen atoms in total. The molecule has 1 atom stereocenters. The van der Waals surface area contributed by atoms with Crippen molar-refractivity contribution in [1.29, 1.82) is 0 Å². The van der Waals surface area contributed by atoms with Crippen molar-refractivity contribution in [3.63, 3.8) is 0 Å². The fourth-order valence-electron chi connectivity index (χ4n) is 3.73. The van der Waals surface area contributed by atoms with Crippen LogP contribution in [0.5, 0.6) is 0 Å². The zero-order chi connectivity index (χ0) is 20.1. The van der Waals surface area contributed by atoms with Crippen LogP contribution in [0, 0.1) is 11.7 Å². The predicted molar refractivity (Wildman–Crippen MR) is 110 cm³/mol. The molecule has 0 unspecified atom stereocenters. The predicted octanol–water partition coefficient (Wildman–Crippen LogP) is 3.43. The molecule has 4 rings (SSSR count). The molecule has 1 fully saturated rings. The van der Waals surface area contributed by atoms with Gasteiger partial charge in [0.2, 0.25) is 5.91 Å². The monoisotopic (exact) mass is 393 g/mol. The molecular weight excluding hydrogens is 369 g/mol. The number of nitrogens with zero attached hydrogens (tertiary/aromatic N) is 4. The van der Waals surface area contributed by atoms with Crippen molar-refractivity contribution in [2.75, 3.05) is 25.0 Å². The number of anilines is 1. The molecule has 0 aliphatic carbocycles. The molecule has 7 heteroatoms. The lowest BCUT2D eigenvalue weighted by atomic mass is 9.97. The largest absolute Gasteiger partial charge is 0.326 e. The number of carbonyl (C=O) groups excluding carboxylic acids is 1. The minimum absolute atomic E-state index is 0.0286. The zero-order valence-corrected chi connectivity index (χ0v) is 16.2. The highest BCUT2D eigenvalue weighted by molar-refractivity contribution is 5.93. The van der Waals surface area contributed by atoms with E-state index in [1.165, 1.54) is 12.1 Å². The number of amides is 1. The number of hydrogen-bond donors (Lipinski definition) is 1. The Morgan fingerprint density at radius 2 is 1.86 bits per heavy atom. The van der Waals surface area contributed by atoms with Crippen molar-refractivity contribution < 1.29 is 9.18 Å². The van der Waals surface area contributed by atoms with Gasteiger partial charge in [-0.2, -0.15) is 0 Å². The van der Waals surface area contributed by atoms with Crippen LogP contribution in [0.1, 0.15) is 12.8 Å². The first kappa shape index (κ1) is 19.3. The summed E-state index contributed by atoms with van der Waals surface area (Å²) in [5.41, 5.74) is 2.63. The van der Waals surface area contributed by atoms with Crippen LogP contribution in [-0.2, 0) is 11.3 Å². The summed E-state index contributed by atoms with van der Waals surface area (Å²) >= 11 is 0. The van der Waals surface area contributed by atoms with Crippen LogP contribution in [0.25, 0.3) is 11.1 Å². The van der Waals surface area contributed by atoms with E-state index in [9.17, 15) is 9.18 Å². The van der Waals surface area contributed by atoms with Crippen LogP contribution in [0.15, 0.2) is 61.2 Å². The molecule has 0 bridgehead atoms. The number of nitrogens with one attached hydrogen (secondary N) is 1. The lowest BCUT2D eigenvalue weighted by Gasteiger charge is -2.32. The molecule has 29 heavy (non-hydrogen) atoms. The molecule has 2 aromatic carbocycles. The Morgan fingerprint density at radius 3 is 2.66 bits per heavy atom. The van der Waals surface area contributed by atoms with Gasteiger partial charge in [0.25, 0.3) is 0 Å². The number of benzene rings is 2. The van der Waals surface area contributed by atoms with Gasteiger partial charge >= 0.3 is 0 Å². The summed E-state index contributed by atoms with van der Waals surface area (Å²) in [6, 6.07) is 14.0. The number of likely N-dealkylation sites (tertiary alicyclic amines) is 1. The molecule has 150 valence electrons. The van der Waals surface area contributed by atoms with Gasteiger partial charge in [-0.3, -0.25) is 4.79 Å². The molecule has 1 aliphatic rings. The second kappa shape index (κ2) is 8.96. The zero-order valence-electron chi connectivity index (χ0n) is 16.2. The average Bonchev–Trinajstić information content (AvgIpc) is 3.27. The number of hydrogen-bond acceptors (Lipinski definition) is 4. The summed E-state index contributed by atoms with van der Waals surface area (Å²) in [7, 11) is 0. The van der Waals surface area contributed by atoms with E-state index in [2.05, 4.69) is 20.4 Å². The van der Waals surface area contributed by atoms with E-state index < -0.39 is 0 Å². The number of halogens is 1. The van der Waals surface area contributed by atoms with Crippen LogP contribution in [-0.4, -0.2) is 45.2 Å². The van der Waals surface area contributed by atoms with Crippen molar-refractivity contribution in [2.24, 2.45) is 5.92 Å². The van der Waals surface area contributed by atoms with Gasteiger partial charge in [-0.05, 0) is 54.8 Å². The standard InChI is InChI=1S/C22H24FN5O/c23-20-8-6-17(7-9-20)18-3-1-5-21(13-18)26-22(29)19-4-2-10-27(14-19)11-12-28-15-24-25-16-28/h1,3,5-9,13,15-16,19H,2,4,10-12,14H2,(H,26,29)/t19-/m1/s1. The summed E-state index contributed by atoms with van der Waals surface area (Å²) in [5.74, 6) is -0.237. The first-order chi connectivity index (χ1) is 14.2. The normalized spacial score (nSPS) is 17.2. The SMILES string of the molecule is O=C(Nc1cccc(-c2ccc(F)cc2)c1)[C@@H]1CCCN(CCn2cnnc2)C1. The fraction of sp³-hybridized carbons (Fsp3) is 0.318. The molecule has 2 heterocycles. The van der Waals surface area contributed by atoms with Gasteiger partial charge in [-0.25, -0.2) is 4.39 Å². The molecule has 1 N–H and O–H groups in total. The molecule has 0 saturated carbocycles. The maximum atomic E-state index is 13.2. The van der Waals surface area contributed by atoms with Crippen LogP contribution in [0.2, 0.25) is 0 Å². The molecular formula is C22H24FN5O.